The molecule has 0 bridgehead atoms. The molecule has 3 aromatic rings. The Bertz CT molecular complexity index is 1210. The normalized spacial score (nSPS) is 10.3. The molecule has 3 rings (SSSR count). The van der Waals surface area contributed by atoms with Crippen molar-refractivity contribution in [2.75, 3.05) is 31.5 Å². The Labute approximate surface area is 201 Å². The summed E-state index contributed by atoms with van der Waals surface area (Å²) in [6.45, 7) is -0.201. The fourth-order valence-corrected chi connectivity index (χ4v) is 2.81. The van der Waals surface area contributed by atoms with Crippen molar-refractivity contribution in [1.82, 2.24) is 5.43 Å². The van der Waals surface area contributed by atoms with E-state index in [1.165, 1.54) is 13.3 Å². The molecule has 10 nitrogen and oxygen atoms in total. The van der Waals surface area contributed by atoms with E-state index in [1.807, 2.05) is 0 Å². The molecule has 0 unspecified atom stereocenters. The molecule has 0 atom stereocenters. The predicted molar refractivity (Wildman–Crippen MR) is 131 cm³/mol. The van der Waals surface area contributed by atoms with E-state index in [-0.39, 0.29) is 12.5 Å². The van der Waals surface area contributed by atoms with Gasteiger partial charge in [0.05, 0.1) is 20.4 Å². The van der Waals surface area contributed by atoms with Gasteiger partial charge in [-0.25, -0.2) is 5.43 Å². The first kappa shape index (κ1) is 24.8. The van der Waals surface area contributed by atoms with Crippen LogP contribution < -0.4 is 30.3 Å². The minimum absolute atomic E-state index is 0.201. The molecule has 0 aliphatic rings. The van der Waals surface area contributed by atoms with Crippen molar-refractivity contribution in [3.05, 3.63) is 78.4 Å². The van der Waals surface area contributed by atoms with Crippen LogP contribution in [0, 0.1) is 0 Å². The van der Waals surface area contributed by atoms with E-state index in [0.29, 0.717) is 34.2 Å². The van der Waals surface area contributed by atoms with Crippen LogP contribution in [0.2, 0.25) is 0 Å². The second kappa shape index (κ2) is 12.4. The summed E-state index contributed by atoms with van der Waals surface area (Å²) >= 11 is 0. The van der Waals surface area contributed by atoms with Crippen molar-refractivity contribution in [3.8, 4) is 17.2 Å². The van der Waals surface area contributed by atoms with Gasteiger partial charge in [0, 0.05) is 17.4 Å². The Morgan fingerprint density at radius 1 is 0.771 bits per heavy atom. The number of hydrogen-bond acceptors (Lipinski definition) is 7. The molecule has 0 heterocycles. The molecular formula is C25H24N4O6. The highest BCUT2D eigenvalue weighted by atomic mass is 16.5. The van der Waals surface area contributed by atoms with Gasteiger partial charge in [-0.3, -0.25) is 14.4 Å². The minimum Gasteiger partial charge on any atom is -0.497 e. The van der Waals surface area contributed by atoms with Crippen LogP contribution in [0.15, 0.2) is 77.9 Å². The molecule has 0 spiro atoms. The SMILES string of the molecule is COc1ccc(NC(=O)COc2cccc(/C=N\NC(=O)C(=O)Nc3cccc(OC)c3)c2)cc1. The van der Waals surface area contributed by atoms with Gasteiger partial charge in [0.15, 0.2) is 6.61 Å². The van der Waals surface area contributed by atoms with Crippen LogP contribution in [0.4, 0.5) is 11.4 Å². The summed E-state index contributed by atoms with van der Waals surface area (Å²) in [5.41, 5.74) is 3.78. The summed E-state index contributed by atoms with van der Waals surface area (Å²) in [5, 5.41) is 8.97. The second-order valence-electron chi connectivity index (χ2n) is 7.02. The number of nitrogens with zero attached hydrogens (tertiary/aromatic N) is 1. The van der Waals surface area contributed by atoms with Gasteiger partial charge >= 0.3 is 11.8 Å². The monoisotopic (exact) mass is 476 g/mol. The lowest BCUT2D eigenvalue weighted by Gasteiger charge is -2.08. The third-order valence-electron chi connectivity index (χ3n) is 4.52. The highest BCUT2D eigenvalue weighted by molar-refractivity contribution is 6.39. The number of amides is 3. The third kappa shape index (κ3) is 7.90. The molecule has 0 aromatic heterocycles. The van der Waals surface area contributed by atoms with Crippen molar-refractivity contribution in [2.45, 2.75) is 0 Å². The van der Waals surface area contributed by atoms with Crippen molar-refractivity contribution in [1.29, 1.82) is 0 Å². The molecule has 0 fully saturated rings. The number of ether oxygens (including phenoxy) is 3. The molecule has 0 saturated heterocycles. The van der Waals surface area contributed by atoms with Gasteiger partial charge in [-0.2, -0.15) is 5.10 Å². The van der Waals surface area contributed by atoms with Gasteiger partial charge in [0.2, 0.25) is 0 Å². The van der Waals surface area contributed by atoms with Gasteiger partial charge in [-0.1, -0.05) is 18.2 Å². The van der Waals surface area contributed by atoms with Gasteiger partial charge < -0.3 is 24.8 Å². The zero-order chi connectivity index (χ0) is 25.0. The summed E-state index contributed by atoms with van der Waals surface area (Å²) in [7, 11) is 3.06. The molecule has 3 aromatic carbocycles. The summed E-state index contributed by atoms with van der Waals surface area (Å²) in [6, 6.07) is 20.3. The van der Waals surface area contributed by atoms with E-state index in [1.54, 1.807) is 79.9 Å². The second-order valence-corrected chi connectivity index (χ2v) is 7.02. The van der Waals surface area contributed by atoms with Crippen LogP contribution in [0.3, 0.4) is 0 Å². The van der Waals surface area contributed by atoms with Crippen molar-refractivity contribution >= 4 is 35.3 Å². The maximum Gasteiger partial charge on any atom is 0.329 e. The number of anilines is 2. The zero-order valence-corrected chi connectivity index (χ0v) is 19.1. The summed E-state index contributed by atoms with van der Waals surface area (Å²) < 4.78 is 15.7. The largest absolute Gasteiger partial charge is 0.497 e. The molecular weight excluding hydrogens is 452 g/mol. The lowest BCUT2D eigenvalue weighted by atomic mass is 10.2. The Hall–Kier alpha value is -4.86. The van der Waals surface area contributed by atoms with Gasteiger partial charge in [-0.15, -0.1) is 0 Å². The molecule has 0 aliphatic carbocycles. The summed E-state index contributed by atoms with van der Waals surface area (Å²) in [4.78, 5) is 36.1. The van der Waals surface area contributed by atoms with E-state index in [2.05, 4.69) is 21.2 Å². The van der Waals surface area contributed by atoms with Gasteiger partial charge in [0.1, 0.15) is 17.2 Å². The van der Waals surface area contributed by atoms with Crippen LogP contribution in [0.25, 0.3) is 0 Å². The van der Waals surface area contributed by atoms with E-state index in [9.17, 15) is 14.4 Å². The topological polar surface area (TPSA) is 127 Å². The fraction of sp³-hybridized carbons (Fsp3) is 0.120. The molecule has 180 valence electrons. The van der Waals surface area contributed by atoms with E-state index in [0.717, 1.165) is 0 Å². The quantitative estimate of drug-likeness (QED) is 0.248. The highest BCUT2D eigenvalue weighted by Gasteiger charge is 2.13. The molecule has 3 amide bonds. The summed E-state index contributed by atoms with van der Waals surface area (Å²) in [6.07, 6.45) is 1.35. The third-order valence-corrected chi connectivity index (χ3v) is 4.52. The molecule has 3 N–H and O–H groups in total. The lowest BCUT2D eigenvalue weighted by molar-refractivity contribution is -0.136. The predicted octanol–water partition coefficient (Wildman–Crippen LogP) is 2.81. The minimum atomic E-state index is -0.938. The molecule has 10 heteroatoms. The number of benzene rings is 3. The molecule has 0 aliphatic heterocycles. The first-order valence-electron chi connectivity index (χ1n) is 10.4. The molecule has 0 saturated carbocycles. The van der Waals surface area contributed by atoms with Crippen LogP contribution in [-0.2, 0) is 14.4 Å². The van der Waals surface area contributed by atoms with Crippen molar-refractivity contribution < 1.29 is 28.6 Å². The van der Waals surface area contributed by atoms with Crippen LogP contribution in [-0.4, -0.2) is 44.8 Å². The Balaban J connectivity index is 1.47. The fourth-order valence-electron chi connectivity index (χ4n) is 2.81. The van der Waals surface area contributed by atoms with Gasteiger partial charge in [0.25, 0.3) is 5.91 Å². The van der Waals surface area contributed by atoms with Crippen LogP contribution in [0.1, 0.15) is 5.56 Å². The average molecular weight is 476 g/mol. The standard InChI is InChI=1S/C25H24N4O6/c1-33-20-11-9-18(10-12-20)27-23(30)16-35-22-8-3-5-17(13-22)15-26-29-25(32)24(31)28-19-6-4-7-21(14-19)34-2/h3-15H,16H2,1-2H3,(H,27,30)(H,28,31)(H,29,32)/b26-15-. The van der Waals surface area contributed by atoms with Gasteiger partial charge in [-0.05, 0) is 54.1 Å². The maximum atomic E-state index is 12.1. The number of nitrogens with one attached hydrogen (secondary N) is 3. The van der Waals surface area contributed by atoms with Crippen molar-refractivity contribution in [3.63, 3.8) is 0 Å². The Morgan fingerprint density at radius 2 is 1.49 bits per heavy atom. The molecule has 0 radical (unpaired) electrons. The first-order valence-corrected chi connectivity index (χ1v) is 10.4. The number of hydrogen-bond donors (Lipinski definition) is 3. The lowest BCUT2D eigenvalue weighted by Crippen LogP contribution is -2.32. The number of rotatable bonds is 9. The Morgan fingerprint density at radius 3 is 2.23 bits per heavy atom. The molecule has 35 heavy (non-hydrogen) atoms. The van der Waals surface area contributed by atoms with E-state index >= 15 is 0 Å². The maximum absolute atomic E-state index is 12.1. The Kier molecular flexibility index (Phi) is 8.78. The van der Waals surface area contributed by atoms with E-state index < -0.39 is 11.8 Å². The van der Waals surface area contributed by atoms with Crippen LogP contribution >= 0.6 is 0 Å². The van der Waals surface area contributed by atoms with Crippen molar-refractivity contribution in [2.24, 2.45) is 5.10 Å². The number of methoxy groups -OCH3 is 2. The van der Waals surface area contributed by atoms with Crippen LogP contribution in [0.5, 0.6) is 17.2 Å². The number of carbonyl (C=O) groups is 3. The zero-order valence-electron chi connectivity index (χ0n) is 19.1. The first-order chi connectivity index (χ1) is 17.0. The highest BCUT2D eigenvalue weighted by Crippen LogP contribution is 2.17. The number of hydrazone groups is 1. The summed E-state index contributed by atoms with van der Waals surface area (Å²) in [5.74, 6) is -0.487. The number of carbonyl (C=O) groups excluding carboxylic acids is 3. The van der Waals surface area contributed by atoms with E-state index in [4.69, 9.17) is 14.2 Å². The average Bonchev–Trinajstić information content (AvgIpc) is 2.88. The smallest absolute Gasteiger partial charge is 0.329 e.